The summed E-state index contributed by atoms with van der Waals surface area (Å²) in [6.07, 6.45) is -0.581. The van der Waals surface area contributed by atoms with E-state index in [0.29, 0.717) is 6.42 Å². The second-order valence-corrected chi connectivity index (χ2v) is 6.95. The van der Waals surface area contributed by atoms with E-state index in [9.17, 15) is 18.2 Å². The van der Waals surface area contributed by atoms with Crippen molar-refractivity contribution < 1.29 is 31.2 Å². The van der Waals surface area contributed by atoms with Crippen molar-refractivity contribution in [1.82, 2.24) is 9.55 Å². The molecule has 1 amide bonds. The van der Waals surface area contributed by atoms with Gasteiger partial charge in [0.1, 0.15) is 6.10 Å². The topological polar surface area (TPSA) is 118 Å². The zero-order valence-corrected chi connectivity index (χ0v) is 15.6. The molecule has 0 aromatic carbocycles. The molecule has 2 saturated heterocycles. The number of nitrogens with zero attached hydrogens (tertiary/aromatic N) is 2. The average molecular weight is 405 g/mol. The van der Waals surface area contributed by atoms with Crippen LogP contribution < -0.4 is 11.0 Å². The summed E-state index contributed by atoms with van der Waals surface area (Å²) in [6, 6.07) is 0. The van der Waals surface area contributed by atoms with Crippen molar-refractivity contribution in [3.63, 3.8) is 0 Å². The Bertz CT molecular complexity index is 789. The standard InChI is InChI=1S/C15H20FN3O7S/c1-3-4-5-6-23-15(21)18-12-9(16)7-19(14(20)17-12)13-11-10(8(2)24-13)25-27(22)26-11/h7-8,10-11,13H,3-6H2,1-2H3,(H,17,18,20,21). The minimum Gasteiger partial charge on any atom is -0.449 e. The molecule has 2 fully saturated rings. The van der Waals surface area contributed by atoms with Crippen LogP contribution in [0.3, 0.4) is 0 Å². The number of fused-ring (bicyclic) bond motifs is 1. The lowest BCUT2D eigenvalue weighted by molar-refractivity contribution is -0.0311. The normalized spacial score (nSPS) is 29.5. The van der Waals surface area contributed by atoms with E-state index < -0.39 is 59.3 Å². The molecule has 0 bridgehead atoms. The van der Waals surface area contributed by atoms with E-state index in [4.69, 9.17) is 17.8 Å². The maximum absolute atomic E-state index is 14.3. The van der Waals surface area contributed by atoms with Gasteiger partial charge in [0.25, 0.3) is 0 Å². The second kappa shape index (κ2) is 8.42. The molecule has 27 heavy (non-hydrogen) atoms. The highest BCUT2D eigenvalue weighted by Crippen LogP contribution is 2.38. The Labute approximate surface area is 156 Å². The number of carbonyl (C=O) groups is 1. The van der Waals surface area contributed by atoms with Crippen LogP contribution in [0.2, 0.25) is 0 Å². The zero-order chi connectivity index (χ0) is 19.6. The quantitative estimate of drug-likeness (QED) is 0.706. The third-order valence-electron chi connectivity index (χ3n) is 4.18. The summed E-state index contributed by atoms with van der Waals surface area (Å²) in [5, 5.41) is 2.10. The van der Waals surface area contributed by atoms with Crippen LogP contribution in [-0.4, -0.2) is 44.8 Å². The molecule has 0 aliphatic carbocycles. The van der Waals surface area contributed by atoms with E-state index in [1.165, 1.54) is 0 Å². The molecule has 150 valence electrons. The fourth-order valence-corrected chi connectivity index (χ4v) is 3.71. The summed E-state index contributed by atoms with van der Waals surface area (Å²) < 4.78 is 47.2. The molecule has 0 spiro atoms. The van der Waals surface area contributed by atoms with Crippen molar-refractivity contribution >= 4 is 23.3 Å². The average Bonchev–Trinajstić information content (AvgIpc) is 3.13. The van der Waals surface area contributed by atoms with Gasteiger partial charge in [0.2, 0.25) is 0 Å². The van der Waals surface area contributed by atoms with Gasteiger partial charge < -0.3 is 9.47 Å². The van der Waals surface area contributed by atoms with Gasteiger partial charge >= 0.3 is 23.1 Å². The van der Waals surface area contributed by atoms with Crippen LogP contribution in [-0.2, 0) is 29.2 Å². The number of carbonyl (C=O) groups excluding carboxylic acids is 1. The van der Waals surface area contributed by atoms with Crippen molar-refractivity contribution in [3.05, 3.63) is 22.5 Å². The number of hydrogen-bond donors (Lipinski definition) is 1. The van der Waals surface area contributed by atoms with Gasteiger partial charge in [-0.3, -0.25) is 18.3 Å². The zero-order valence-electron chi connectivity index (χ0n) is 14.8. The number of hydrogen-bond acceptors (Lipinski definition) is 8. The molecular weight excluding hydrogens is 385 g/mol. The van der Waals surface area contributed by atoms with Crippen LogP contribution in [0.1, 0.15) is 39.3 Å². The number of anilines is 1. The molecule has 3 heterocycles. The lowest BCUT2D eigenvalue weighted by Crippen LogP contribution is -2.35. The third-order valence-corrected chi connectivity index (χ3v) is 4.94. The van der Waals surface area contributed by atoms with Crippen LogP contribution in [0, 0.1) is 5.82 Å². The molecule has 1 N–H and O–H groups in total. The van der Waals surface area contributed by atoms with Gasteiger partial charge in [0.15, 0.2) is 24.0 Å². The Morgan fingerprint density at radius 2 is 2.15 bits per heavy atom. The third kappa shape index (κ3) is 4.34. The molecule has 12 heteroatoms. The molecule has 2 aliphatic heterocycles. The Morgan fingerprint density at radius 1 is 1.41 bits per heavy atom. The summed E-state index contributed by atoms with van der Waals surface area (Å²) in [4.78, 5) is 27.5. The Morgan fingerprint density at radius 3 is 2.89 bits per heavy atom. The van der Waals surface area contributed by atoms with Gasteiger partial charge in [-0.2, -0.15) is 9.19 Å². The van der Waals surface area contributed by atoms with Gasteiger partial charge in [0.05, 0.1) is 18.9 Å². The predicted molar refractivity (Wildman–Crippen MR) is 90.4 cm³/mol. The van der Waals surface area contributed by atoms with Gasteiger partial charge in [0, 0.05) is 0 Å². The SMILES string of the molecule is CCCCCOC(=O)Nc1nc(=O)n(C2OC(C)C3OS(=O)OC32)cc1F. The first-order valence-corrected chi connectivity index (χ1v) is 9.54. The van der Waals surface area contributed by atoms with Gasteiger partial charge in [-0.05, 0) is 13.3 Å². The maximum Gasteiger partial charge on any atom is 0.412 e. The van der Waals surface area contributed by atoms with E-state index in [2.05, 4.69) is 10.3 Å². The number of amides is 1. The lowest BCUT2D eigenvalue weighted by atomic mass is 10.1. The van der Waals surface area contributed by atoms with Crippen molar-refractivity contribution in [1.29, 1.82) is 0 Å². The smallest absolute Gasteiger partial charge is 0.412 e. The van der Waals surface area contributed by atoms with Crippen LogP contribution in [0.4, 0.5) is 15.0 Å². The summed E-state index contributed by atoms with van der Waals surface area (Å²) >= 11 is -1.96. The summed E-state index contributed by atoms with van der Waals surface area (Å²) in [5.74, 6) is -1.51. The highest BCUT2D eigenvalue weighted by molar-refractivity contribution is 7.75. The Hall–Kier alpha value is -1.89. The van der Waals surface area contributed by atoms with E-state index in [1.807, 2.05) is 6.92 Å². The molecule has 10 nitrogen and oxygen atoms in total. The van der Waals surface area contributed by atoms with Crippen molar-refractivity contribution in [3.8, 4) is 0 Å². The first-order valence-electron chi connectivity index (χ1n) is 8.54. The molecule has 5 atom stereocenters. The van der Waals surface area contributed by atoms with Crippen molar-refractivity contribution in [2.75, 3.05) is 11.9 Å². The predicted octanol–water partition coefficient (Wildman–Crippen LogP) is 1.40. The molecule has 0 saturated carbocycles. The fourth-order valence-electron chi connectivity index (χ4n) is 2.83. The molecule has 3 rings (SSSR count). The minimum atomic E-state index is -1.96. The van der Waals surface area contributed by atoms with E-state index >= 15 is 0 Å². The van der Waals surface area contributed by atoms with Crippen LogP contribution in [0.25, 0.3) is 0 Å². The van der Waals surface area contributed by atoms with Gasteiger partial charge in [-0.1, -0.05) is 19.8 Å². The minimum absolute atomic E-state index is 0.184. The van der Waals surface area contributed by atoms with Crippen LogP contribution in [0.15, 0.2) is 11.0 Å². The Kier molecular flexibility index (Phi) is 6.19. The summed E-state index contributed by atoms with van der Waals surface area (Å²) in [6.45, 7) is 3.85. The van der Waals surface area contributed by atoms with E-state index in [-0.39, 0.29) is 6.61 Å². The maximum atomic E-state index is 14.3. The van der Waals surface area contributed by atoms with E-state index in [0.717, 1.165) is 23.6 Å². The lowest BCUT2D eigenvalue weighted by Gasteiger charge is -2.18. The molecule has 1 aromatic heterocycles. The largest absolute Gasteiger partial charge is 0.449 e. The number of aromatic nitrogens is 2. The number of unbranched alkanes of at least 4 members (excludes halogenated alkanes) is 2. The number of rotatable bonds is 6. The van der Waals surface area contributed by atoms with Crippen molar-refractivity contribution in [2.45, 2.75) is 57.6 Å². The van der Waals surface area contributed by atoms with Crippen LogP contribution >= 0.6 is 0 Å². The molecule has 1 aromatic rings. The van der Waals surface area contributed by atoms with Gasteiger partial charge in [-0.25, -0.2) is 14.0 Å². The molecule has 2 aliphatic rings. The molecular formula is C15H20FN3O7S. The first-order chi connectivity index (χ1) is 12.9. The van der Waals surface area contributed by atoms with Gasteiger partial charge in [-0.15, -0.1) is 0 Å². The first kappa shape index (κ1) is 19.9. The Balaban J connectivity index is 1.71. The number of nitrogens with one attached hydrogen (secondary N) is 1. The van der Waals surface area contributed by atoms with E-state index in [1.54, 1.807) is 6.92 Å². The van der Waals surface area contributed by atoms with Crippen molar-refractivity contribution in [2.24, 2.45) is 0 Å². The highest BCUT2D eigenvalue weighted by Gasteiger charge is 2.52. The number of ether oxygens (including phenoxy) is 2. The highest BCUT2D eigenvalue weighted by atomic mass is 32.2. The molecule has 0 radical (unpaired) electrons. The monoisotopic (exact) mass is 405 g/mol. The summed E-state index contributed by atoms with van der Waals surface area (Å²) in [7, 11) is 0. The number of halogens is 1. The van der Waals surface area contributed by atoms with Crippen LogP contribution in [0.5, 0.6) is 0 Å². The molecule has 5 unspecified atom stereocenters. The fraction of sp³-hybridized carbons (Fsp3) is 0.667. The summed E-state index contributed by atoms with van der Waals surface area (Å²) in [5.41, 5.74) is -0.878. The second-order valence-electron chi connectivity index (χ2n) is 6.15.